The van der Waals surface area contributed by atoms with Gasteiger partial charge in [-0.3, -0.25) is 14.7 Å². The summed E-state index contributed by atoms with van der Waals surface area (Å²) < 4.78 is 4.81. The maximum Gasteiger partial charge on any atom is 0.337 e. The fourth-order valence-electron chi connectivity index (χ4n) is 4.00. The van der Waals surface area contributed by atoms with Gasteiger partial charge in [-0.2, -0.15) is 0 Å². The zero-order valence-corrected chi connectivity index (χ0v) is 19.6. The highest BCUT2D eigenvalue weighted by Crippen LogP contribution is 2.38. The number of nitrogens with zero attached hydrogens (tertiary/aromatic N) is 2. The molecule has 1 aliphatic heterocycles. The maximum atomic E-state index is 13.1. The van der Waals surface area contributed by atoms with E-state index in [1.54, 1.807) is 30.6 Å². The third-order valence-corrected chi connectivity index (χ3v) is 5.91. The van der Waals surface area contributed by atoms with Crippen LogP contribution >= 0.6 is 0 Å². The normalized spacial score (nSPS) is 13.9. The first-order valence-electron chi connectivity index (χ1n) is 11.3. The molecule has 0 saturated heterocycles. The lowest BCUT2D eigenvalue weighted by atomic mass is 9.99. The van der Waals surface area contributed by atoms with E-state index < -0.39 is 5.97 Å². The molecule has 174 valence electrons. The summed E-state index contributed by atoms with van der Waals surface area (Å²) >= 11 is 0. The van der Waals surface area contributed by atoms with Crippen molar-refractivity contribution in [1.29, 1.82) is 0 Å². The molecule has 7 heteroatoms. The fourth-order valence-corrected chi connectivity index (χ4v) is 4.00. The molecule has 0 unspecified atom stereocenters. The molecule has 3 aromatic rings. The molecule has 2 heterocycles. The minimum Gasteiger partial charge on any atom is -0.465 e. The van der Waals surface area contributed by atoms with Crippen LogP contribution in [0.3, 0.4) is 0 Å². The average Bonchev–Trinajstić information content (AvgIpc) is 3.21. The quantitative estimate of drug-likeness (QED) is 0.379. The molecule has 1 aliphatic rings. The molecule has 0 fully saturated rings. The predicted molar refractivity (Wildman–Crippen MR) is 134 cm³/mol. The van der Waals surface area contributed by atoms with Crippen LogP contribution in [0.2, 0.25) is 0 Å². The Morgan fingerprint density at radius 3 is 2.47 bits per heavy atom. The van der Waals surface area contributed by atoms with Crippen LogP contribution in [0, 0.1) is 0 Å². The van der Waals surface area contributed by atoms with E-state index in [0.29, 0.717) is 28.1 Å². The van der Waals surface area contributed by atoms with Crippen molar-refractivity contribution in [1.82, 2.24) is 9.88 Å². The summed E-state index contributed by atoms with van der Waals surface area (Å²) in [5.74, 6) is -0.702. The second kappa shape index (κ2) is 10.3. The van der Waals surface area contributed by atoms with Crippen LogP contribution in [0.4, 0.5) is 11.4 Å². The minimum absolute atomic E-state index is 0.249. The molecule has 2 N–H and O–H groups in total. The number of hydrogen-bond donors (Lipinski definition) is 2. The number of benzene rings is 2. The lowest BCUT2D eigenvalue weighted by molar-refractivity contribution is -0.110. The first-order chi connectivity index (χ1) is 16.5. The molecule has 0 radical (unpaired) electrons. The Kier molecular flexibility index (Phi) is 7.04. The number of pyridine rings is 1. The molecule has 0 spiro atoms. The van der Waals surface area contributed by atoms with Gasteiger partial charge in [-0.25, -0.2) is 4.79 Å². The molecule has 7 nitrogen and oxygen atoms in total. The number of methoxy groups -OCH3 is 1. The number of ether oxygens (including phenoxy) is 1. The van der Waals surface area contributed by atoms with E-state index in [1.165, 1.54) is 12.7 Å². The fraction of sp³-hybridized carbons (Fsp3) is 0.222. The number of fused-ring (bicyclic) bond motifs is 1. The van der Waals surface area contributed by atoms with E-state index in [-0.39, 0.29) is 5.91 Å². The van der Waals surface area contributed by atoms with Gasteiger partial charge in [0.05, 0.1) is 29.6 Å². The number of carbonyl (C=O) groups excluding carboxylic acids is 2. The van der Waals surface area contributed by atoms with Gasteiger partial charge in [0, 0.05) is 35.8 Å². The highest BCUT2D eigenvalue weighted by Gasteiger charge is 2.29. The van der Waals surface area contributed by atoms with Gasteiger partial charge in [-0.15, -0.1) is 0 Å². The van der Waals surface area contributed by atoms with Crippen molar-refractivity contribution in [3.8, 4) is 0 Å². The number of amides is 1. The molecule has 34 heavy (non-hydrogen) atoms. The minimum atomic E-state index is -0.454. The summed E-state index contributed by atoms with van der Waals surface area (Å²) in [5.41, 5.74) is 5.67. The second-order valence-corrected chi connectivity index (χ2v) is 7.98. The van der Waals surface area contributed by atoms with Gasteiger partial charge in [-0.05, 0) is 55.1 Å². The van der Waals surface area contributed by atoms with Crippen molar-refractivity contribution >= 4 is 34.5 Å². The van der Waals surface area contributed by atoms with Crippen molar-refractivity contribution < 1.29 is 14.3 Å². The number of nitrogens with one attached hydrogen (secondary N) is 2. The zero-order chi connectivity index (χ0) is 24.1. The van der Waals surface area contributed by atoms with Gasteiger partial charge in [0.1, 0.15) is 0 Å². The van der Waals surface area contributed by atoms with Crippen molar-refractivity contribution in [3.63, 3.8) is 0 Å². The Morgan fingerprint density at radius 1 is 1.06 bits per heavy atom. The zero-order valence-electron chi connectivity index (χ0n) is 19.6. The van der Waals surface area contributed by atoms with E-state index in [0.717, 1.165) is 30.9 Å². The highest BCUT2D eigenvalue weighted by molar-refractivity contribution is 6.37. The molecular weight excluding hydrogens is 428 g/mol. The first kappa shape index (κ1) is 23.2. The molecule has 1 aromatic heterocycles. The third-order valence-electron chi connectivity index (χ3n) is 5.91. The predicted octanol–water partition coefficient (Wildman–Crippen LogP) is 4.64. The van der Waals surface area contributed by atoms with Crippen LogP contribution in [-0.2, 0) is 16.1 Å². The van der Waals surface area contributed by atoms with Crippen molar-refractivity contribution in [2.75, 3.05) is 30.8 Å². The Labute approximate surface area is 199 Å². The number of rotatable bonds is 8. The average molecular weight is 457 g/mol. The van der Waals surface area contributed by atoms with Crippen LogP contribution < -0.4 is 10.6 Å². The Bertz CT molecular complexity index is 1220. The Balaban J connectivity index is 1.73. The number of esters is 1. The van der Waals surface area contributed by atoms with Gasteiger partial charge in [-0.1, -0.05) is 32.0 Å². The molecular formula is C27H28N4O3. The highest BCUT2D eigenvalue weighted by atomic mass is 16.5. The second-order valence-electron chi connectivity index (χ2n) is 7.98. The molecule has 0 aliphatic carbocycles. The van der Waals surface area contributed by atoms with Crippen LogP contribution in [0.25, 0.3) is 11.3 Å². The standard InChI is InChI=1S/C27H28N4O3/c1-4-31(5-2)17-18-8-11-21(12-9-18)29-25(20-7-6-14-28-16-20)24-22-13-10-19(27(33)34-3)15-23(22)30-26(24)32/h6-16,29H,4-5,17H2,1-3H3,(H,30,32). The van der Waals surface area contributed by atoms with E-state index in [4.69, 9.17) is 4.74 Å². The van der Waals surface area contributed by atoms with Gasteiger partial charge in [0.2, 0.25) is 0 Å². The topological polar surface area (TPSA) is 83.6 Å². The summed E-state index contributed by atoms with van der Waals surface area (Å²) in [6.07, 6.45) is 3.41. The van der Waals surface area contributed by atoms with Gasteiger partial charge in [0.15, 0.2) is 0 Å². The number of hydrogen-bond acceptors (Lipinski definition) is 6. The SMILES string of the molecule is CCN(CC)Cc1ccc(NC(=C2C(=O)Nc3cc(C(=O)OC)ccc32)c2cccnc2)cc1. The van der Waals surface area contributed by atoms with Crippen LogP contribution in [0.15, 0.2) is 67.0 Å². The molecule has 0 saturated carbocycles. The Hall–Kier alpha value is -3.97. The summed E-state index contributed by atoms with van der Waals surface area (Å²) in [6.45, 7) is 7.21. The molecule has 4 rings (SSSR count). The number of anilines is 2. The number of carbonyl (C=O) groups is 2. The largest absolute Gasteiger partial charge is 0.465 e. The lowest BCUT2D eigenvalue weighted by Gasteiger charge is -2.18. The van der Waals surface area contributed by atoms with Crippen LogP contribution in [0.1, 0.15) is 40.9 Å². The summed E-state index contributed by atoms with van der Waals surface area (Å²) in [7, 11) is 1.33. The molecule has 2 aromatic carbocycles. The molecule has 0 atom stereocenters. The maximum absolute atomic E-state index is 13.1. The van der Waals surface area contributed by atoms with Crippen molar-refractivity contribution in [3.05, 3.63) is 89.2 Å². The Morgan fingerprint density at radius 2 is 1.82 bits per heavy atom. The summed E-state index contributed by atoms with van der Waals surface area (Å²) in [6, 6.07) is 17.0. The number of aromatic nitrogens is 1. The van der Waals surface area contributed by atoms with Crippen LogP contribution in [-0.4, -0.2) is 42.0 Å². The van der Waals surface area contributed by atoms with E-state index >= 15 is 0 Å². The van der Waals surface area contributed by atoms with Gasteiger partial charge >= 0.3 is 5.97 Å². The molecule has 1 amide bonds. The lowest BCUT2D eigenvalue weighted by Crippen LogP contribution is -2.22. The summed E-state index contributed by atoms with van der Waals surface area (Å²) in [5, 5.41) is 6.32. The van der Waals surface area contributed by atoms with E-state index in [9.17, 15) is 9.59 Å². The monoisotopic (exact) mass is 456 g/mol. The van der Waals surface area contributed by atoms with Crippen molar-refractivity contribution in [2.45, 2.75) is 20.4 Å². The van der Waals surface area contributed by atoms with Crippen LogP contribution in [0.5, 0.6) is 0 Å². The summed E-state index contributed by atoms with van der Waals surface area (Å²) in [4.78, 5) is 31.6. The third kappa shape index (κ3) is 4.84. The first-order valence-corrected chi connectivity index (χ1v) is 11.3. The van der Waals surface area contributed by atoms with E-state index in [2.05, 4.69) is 46.5 Å². The van der Waals surface area contributed by atoms with Crippen molar-refractivity contribution in [2.24, 2.45) is 0 Å². The smallest absolute Gasteiger partial charge is 0.337 e. The van der Waals surface area contributed by atoms with E-state index in [1.807, 2.05) is 24.3 Å². The molecule has 0 bridgehead atoms. The van der Waals surface area contributed by atoms with Gasteiger partial charge < -0.3 is 15.4 Å². The van der Waals surface area contributed by atoms with Gasteiger partial charge in [0.25, 0.3) is 5.91 Å².